The highest BCUT2D eigenvalue weighted by molar-refractivity contribution is 7.22. The lowest BCUT2D eigenvalue weighted by atomic mass is 10.2. The first-order valence-corrected chi connectivity index (χ1v) is 6.70. The molecule has 19 heavy (non-hydrogen) atoms. The zero-order valence-corrected chi connectivity index (χ0v) is 11.5. The van der Waals surface area contributed by atoms with E-state index in [4.69, 9.17) is 4.74 Å². The number of nitrogens with zero attached hydrogens (tertiary/aromatic N) is 2. The van der Waals surface area contributed by atoms with Gasteiger partial charge in [0.2, 0.25) is 0 Å². The fourth-order valence-corrected chi connectivity index (χ4v) is 2.70. The molecule has 4 nitrogen and oxygen atoms in total. The van der Waals surface area contributed by atoms with Crippen molar-refractivity contribution >= 4 is 32.4 Å². The van der Waals surface area contributed by atoms with Crippen molar-refractivity contribution in [3.63, 3.8) is 0 Å². The number of pyridine rings is 1. The van der Waals surface area contributed by atoms with Crippen LogP contribution in [0.4, 0.5) is 10.8 Å². The van der Waals surface area contributed by atoms with E-state index in [9.17, 15) is 0 Å². The fraction of sp³-hybridized carbons (Fsp3) is 0.143. The molecule has 1 N–H and O–H groups in total. The van der Waals surface area contributed by atoms with E-state index in [0.717, 1.165) is 32.3 Å². The Morgan fingerprint density at radius 1 is 1.26 bits per heavy atom. The standard InChI is InChI=1S/C14H13N3OS/c1-9-5-6-15-8-12(9)17-14-16-11-4-3-10(18-2)7-13(11)19-14/h3-8H,1-2H3,(H,16,17). The molecule has 0 saturated heterocycles. The Bertz CT molecular complexity index is 724. The number of rotatable bonds is 3. The summed E-state index contributed by atoms with van der Waals surface area (Å²) in [5.74, 6) is 0.847. The van der Waals surface area contributed by atoms with Gasteiger partial charge in [0.15, 0.2) is 5.13 Å². The van der Waals surface area contributed by atoms with Crippen molar-refractivity contribution in [3.8, 4) is 5.75 Å². The number of anilines is 2. The van der Waals surface area contributed by atoms with Crippen molar-refractivity contribution in [3.05, 3.63) is 42.2 Å². The maximum absolute atomic E-state index is 5.22. The van der Waals surface area contributed by atoms with E-state index in [-0.39, 0.29) is 0 Å². The van der Waals surface area contributed by atoms with Gasteiger partial charge in [-0.25, -0.2) is 4.98 Å². The van der Waals surface area contributed by atoms with E-state index in [0.29, 0.717) is 0 Å². The Hall–Kier alpha value is -2.14. The van der Waals surface area contributed by atoms with E-state index >= 15 is 0 Å². The third-order valence-corrected chi connectivity index (χ3v) is 3.81. The van der Waals surface area contributed by atoms with E-state index < -0.39 is 0 Å². The molecule has 0 fully saturated rings. The lowest BCUT2D eigenvalue weighted by molar-refractivity contribution is 0.415. The topological polar surface area (TPSA) is 47.0 Å². The molecule has 1 aromatic carbocycles. The van der Waals surface area contributed by atoms with Crippen molar-refractivity contribution in [2.24, 2.45) is 0 Å². The molecule has 2 heterocycles. The number of nitrogens with one attached hydrogen (secondary N) is 1. The molecule has 0 aliphatic carbocycles. The molecule has 96 valence electrons. The van der Waals surface area contributed by atoms with Gasteiger partial charge in [0, 0.05) is 6.20 Å². The number of fused-ring (bicyclic) bond motifs is 1. The van der Waals surface area contributed by atoms with Crippen molar-refractivity contribution < 1.29 is 4.74 Å². The Kier molecular flexibility index (Phi) is 3.05. The van der Waals surface area contributed by atoms with Gasteiger partial charge in [0.05, 0.1) is 29.2 Å². The van der Waals surface area contributed by atoms with Crippen LogP contribution in [-0.2, 0) is 0 Å². The van der Waals surface area contributed by atoms with Gasteiger partial charge in [0.25, 0.3) is 0 Å². The van der Waals surface area contributed by atoms with Gasteiger partial charge >= 0.3 is 0 Å². The van der Waals surface area contributed by atoms with Crippen LogP contribution in [0.2, 0.25) is 0 Å². The van der Waals surface area contributed by atoms with Gasteiger partial charge in [-0.2, -0.15) is 0 Å². The summed E-state index contributed by atoms with van der Waals surface area (Å²) in [5.41, 5.74) is 3.09. The Balaban J connectivity index is 1.95. The molecule has 0 unspecified atom stereocenters. The Morgan fingerprint density at radius 3 is 2.95 bits per heavy atom. The second kappa shape index (κ2) is 4.85. The van der Waals surface area contributed by atoms with Crippen molar-refractivity contribution in [2.75, 3.05) is 12.4 Å². The summed E-state index contributed by atoms with van der Waals surface area (Å²) >= 11 is 1.60. The van der Waals surface area contributed by atoms with Gasteiger partial charge in [-0.1, -0.05) is 11.3 Å². The quantitative estimate of drug-likeness (QED) is 0.788. The predicted molar refractivity (Wildman–Crippen MR) is 78.4 cm³/mol. The summed E-state index contributed by atoms with van der Waals surface area (Å²) in [6, 6.07) is 7.85. The van der Waals surface area contributed by atoms with Crippen LogP contribution in [0.1, 0.15) is 5.56 Å². The number of hydrogen-bond acceptors (Lipinski definition) is 5. The molecular formula is C14H13N3OS. The zero-order chi connectivity index (χ0) is 13.2. The van der Waals surface area contributed by atoms with Crippen LogP contribution in [0, 0.1) is 6.92 Å². The van der Waals surface area contributed by atoms with Crippen LogP contribution in [0.3, 0.4) is 0 Å². The smallest absolute Gasteiger partial charge is 0.188 e. The highest BCUT2D eigenvalue weighted by Crippen LogP contribution is 2.31. The number of benzene rings is 1. The summed E-state index contributed by atoms with van der Waals surface area (Å²) < 4.78 is 6.32. The average molecular weight is 271 g/mol. The highest BCUT2D eigenvalue weighted by Gasteiger charge is 2.06. The lowest BCUT2D eigenvalue weighted by Gasteiger charge is -2.04. The van der Waals surface area contributed by atoms with Crippen molar-refractivity contribution in [2.45, 2.75) is 6.92 Å². The normalized spacial score (nSPS) is 10.6. The Morgan fingerprint density at radius 2 is 2.16 bits per heavy atom. The molecule has 0 bridgehead atoms. The fourth-order valence-electron chi connectivity index (χ4n) is 1.80. The molecule has 2 aromatic heterocycles. The summed E-state index contributed by atoms with van der Waals surface area (Å²) in [5, 5.41) is 4.16. The van der Waals surface area contributed by atoms with Crippen molar-refractivity contribution in [1.29, 1.82) is 0 Å². The van der Waals surface area contributed by atoms with Crippen molar-refractivity contribution in [1.82, 2.24) is 9.97 Å². The predicted octanol–water partition coefficient (Wildman–Crippen LogP) is 3.75. The highest BCUT2D eigenvalue weighted by atomic mass is 32.1. The summed E-state index contributed by atoms with van der Waals surface area (Å²) in [4.78, 5) is 8.67. The first-order valence-electron chi connectivity index (χ1n) is 5.88. The summed E-state index contributed by atoms with van der Waals surface area (Å²) in [6.07, 6.45) is 3.59. The van der Waals surface area contributed by atoms with E-state index in [1.165, 1.54) is 0 Å². The first kappa shape index (κ1) is 11.9. The van der Waals surface area contributed by atoms with Crippen LogP contribution in [0.5, 0.6) is 5.75 Å². The van der Waals surface area contributed by atoms with Crippen LogP contribution in [0.15, 0.2) is 36.7 Å². The second-order valence-electron chi connectivity index (χ2n) is 4.17. The molecule has 0 spiro atoms. The van der Waals surface area contributed by atoms with Crippen LogP contribution >= 0.6 is 11.3 Å². The van der Waals surface area contributed by atoms with E-state index in [1.807, 2.05) is 37.4 Å². The van der Waals surface area contributed by atoms with Gasteiger partial charge in [-0.15, -0.1) is 0 Å². The number of methoxy groups -OCH3 is 1. The van der Waals surface area contributed by atoms with Gasteiger partial charge in [0.1, 0.15) is 5.75 Å². The molecule has 0 radical (unpaired) electrons. The molecule has 0 aliphatic rings. The number of aryl methyl sites for hydroxylation is 1. The molecule has 0 amide bonds. The monoisotopic (exact) mass is 271 g/mol. The molecule has 3 aromatic rings. The number of thiazole rings is 1. The zero-order valence-electron chi connectivity index (χ0n) is 10.7. The maximum Gasteiger partial charge on any atom is 0.188 e. The van der Waals surface area contributed by atoms with Crippen LogP contribution in [-0.4, -0.2) is 17.1 Å². The van der Waals surface area contributed by atoms with Crippen LogP contribution in [0.25, 0.3) is 10.2 Å². The molecular weight excluding hydrogens is 258 g/mol. The summed E-state index contributed by atoms with van der Waals surface area (Å²) in [6.45, 7) is 2.04. The molecule has 0 aliphatic heterocycles. The minimum Gasteiger partial charge on any atom is -0.497 e. The molecule has 5 heteroatoms. The third kappa shape index (κ3) is 2.37. The van der Waals surface area contributed by atoms with Gasteiger partial charge < -0.3 is 10.1 Å². The molecule has 0 atom stereocenters. The SMILES string of the molecule is COc1ccc2nc(Nc3cnccc3C)sc2c1. The number of hydrogen-bond donors (Lipinski definition) is 1. The first-order chi connectivity index (χ1) is 9.26. The third-order valence-electron chi connectivity index (χ3n) is 2.88. The Labute approximate surface area is 115 Å². The van der Waals surface area contributed by atoms with Gasteiger partial charge in [-0.05, 0) is 36.8 Å². The minimum absolute atomic E-state index is 0.847. The second-order valence-corrected chi connectivity index (χ2v) is 5.20. The summed E-state index contributed by atoms with van der Waals surface area (Å²) in [7, 11) is 1.67. The molecule has 0 saturated carbocycles. The van der Waals surface area contributed by atoms with Crippen LogP contribution < -0.4 is 10.1 Å². The average Bonchev–Trinajstić information content (AvgIpc) is 2.82. The number of aromatic nitrogens is 2. The van der Waals surface area contributed by atoms with Gasteiger partial charge in [-0.3, -0.25) is 4.98 Å². The van der Waals surface area contributed by atoms with E-state index in [2.05, 4.69) is 15.3 Å². The van der Waals surface area contributed by atoms with E-state index in [1.54, 1.807) is 24.6 Å². The lowest BCUT2D eigenvalue weighted by Crippen LogP contribution is -1.92. The molecule has 3 rings (SSSR count). The minimum atomic E-state index is 0.847. The maximum atomic E-state index is 5.22. The largest absolute Gasteiger partial charge is 0.497 e. The number of ether oxygens (including phenoxy) is 1.